The zero-order valence-electron chi connectivity index (χ0n) is 13.4. The molecule has 0 amide bonds. The van der Waals surface area contributed by atoms with Crippen molar-refractivity contribution in [3.05, 3.63) is 60.4 Å². The highest BCUT2D eigenvalue weighted by molar-refractivity contribution is 7.80. The van der Waals surface area contributed by atoms with Gasteiger partial charge in [0, 0.05) is 18.9 Å². The Bertz CT molecular complexity index is 718. The lowest BCUT2D eigenvalue weighted by Gasteiger charge is -2.21. The van der Waals surface area contributed by atoms with Gasteiger partial charge in [0.05, 0.1) is 11.4 Å². The van der Waals surface area contributed by atoms with Gasteiger partial charge in [0.25, 0.3) is 0 Å². The second-order valence-corrected chi connectivity index (χ2v) is 5.60. The molecule has 124 valence electrons. The topological polar surface area (TPSA) is 64.6 Å². The van der Waals surface area contributed by atoms with E-state index in [1.807, 2.05) is 67.4 Å². The third-order valence-electron chi connectivity index (χ3n) is 3.09. The second kappa shape index (κ2) is 8.90. The van der Waals surface area contributed by atoms with E-state index in [0.717, 1.165) is 17.1 Å². The quantitative estimate of drug-likeness (QED) is 0.442. The minimum atomic E-state index is 0.300. The van der Waals surface area contributed by atoms with Crippen molar-refractivity contribution in [1.29, 1.82) is 0 Å². The fourth-order valence-corrected chi connectivity index (χ4v) is 2.01. The van der Waals surface area contributed by atoms with Crippen LogP contribution in [0.4, 0.5) is 5.69 Å². The molecule has 0 saturated heterocycles. The molecule has 2 aromatic rings. The van der Waals surface area contributed by atoms with Crippen molar-refractivity contribution in [3.8, 4) is 0 Å². The van der Waals surface area contributed by atoms with Crippen LogP contribution >= 0.6 is 24.4 Å². The monoisotopic (exact) mass is 358 g/mol. The van der Waals surface area contributed by atoms with Crippen LogP contribution in [0.5, 0.6) is 0 Å². The number of rotatable bonds is 3. The first kappa shape index (κ1) is 17.8. The third kappa shape index (κ3) is 5.25. The van der Waals surface area contributed by atoms with Crippen molar-refractivity contribution in [2.75, 3.05) is 11.9 Å². The van der Waals surface area contributed by atoms with Gasteiger partial charge in [-0.2, -0.15) is 5.10 Å². The van der Waals surface area contributed by atoms with Crippen LogP contribution in [-0.4, -0.2) is 28.0 Å². The van der Waals surface area contributed by atoms with Crippen molar-refractivity contribution in [2.45, 2.75) is 6.92 Å². The number of hydrogen-bond donors (Lipinski definition) is 3. The first-order valence-electron chi connectivity index (χ1n) is 7.18. The number of anilines is 1. The molecular weight excluding hydrogens is 340 g/mol. The van der Waals surface area contributed by atoms with Crippen LogP contribution in [0.1, 0.15) is 12.6 Å². The molecule has 0 aliphatic rings. The smallest absolute Gasteiger partial charge is 0.205 e. The lowest BCUT2D eigenvalue weighted by Crippen LogP contribution is -2.50. The zero-order chi connectivity index (χ0) is 17.4. The molecule has 0 fully saturated rings. The van der Waals surface area contributed by atoms with Gasteiger partial charge in [-0.1, -0.05) is 24.3 Å². The molecule has 6 nitrogen and oxygen atoms in total. The van der Waals surface area contributed by atoms with Crippen LogP contribution in [-0.2, 0) is 0 Å². The molecule has 1 aromatic carbocycles. The summed E-state index contributed by atoms with van der Waals surface area (Å²) in [6, 6.07) is 15.4. The lowest BCUT2D eigenvalue weighted by atomic mass is 10.3. The van der Waals surface area contributed by atoms with Gasteiger partial charge >= 0.3 is 0 Å². The van der Waals surface area contributed by atoms with Crippen molar-refractivity contribution >= 4 is 46.1 Å². The average Bonchev–Trinajstić information content (AvgIpc) is 2.64. The number of nitrogens with one attached hydrogen (secondary N) is 3. The summed E-state index contributed by atoms with van der Waals surface area (Å²) in [5.41, 5.74) is 10.9. The van der Waals surface area contributed by atoms with Crippen LogP contribution in [0.3, 0.4) is 0 Å². The summed E-state index contributed by atoms with van der Waals surface area (Å²) in [5, 5.41) is 4.96. The number of hydrazine groups is 1. The average molecular weight is 358 g/mol. The minimum Gasteiger partial charge on any atom is -0.321 e. The van der Waals surface area contributed by atoms with Crippen molar-refractivity contribution < 1.29 is 0 Å². The molecule has 1 aromatic heterocycles. The molecule has 0 aliphatic heterocycles. The standard InChI is InChI=1S/C16H18N6S2/c1-12(14-10-6-7-11-17-14)18-19-15(23)20-21-16(24)22(2)13-8-4-3-5-9-13/h3-11H,1-2H3,(H,21,24)(H2,19,20,23). The summed E-state index contributed by atoms with van der Waals surface area (Å²) in [5.74, 6) is 0. The fourth-order valence-electron chi connectivity index (χ4n) is 1.76. The Morgan fingerprint density at radius 2 is 1.75 bits per heavy atom. The number of pyridine rings is 1. The number of thiocarbonyl (C=S) groups is 2. The maximum Gasteiger partial charge on any atom is 0.205 e. The summed E-state index contributed by atoms with van der Waals surface area (Å²) in [4.78, 5) is 6.04. The van der Waals surface area contributed by atoms with Crippen molar-refractivity contribution in [2.24, 2.45) is 5.10 Å². The predicted octanol–water partition coefficient (Wildman–Crippen LogP) is 2.20. The summed E-state index contributed by atoms with van der Waals surface area (Å²) in [7, 11) is 1.87. The van der Waals surface area contributed by atoms with Gasteiger partial charge in [0.2, 0.25) is 5.11 Å². The molecule has 2 rings (SSSR count). The second-order valence-electron chi connectivity index (χ2n) is 4.80. The van der Waals surface area contributed by atoms with Gasteiger partial charge in [0.1, 0.15) is 0 Å². The molecule has 0 radical (unpaired) electrons. The van der Waals surface area contributed by atoms with Crippen LogP contribution in [0.2, 0.25) is 0 Å². The molecule has 0 bridgehead atoms. The number of hydrogen-bond acceptors (Lipinski definition) is 4. The Morgan fingerprint density at radius 3 is 2.42 bits per heavy atom. The van der Waals surface area contributed by atoms with Crippen LogP contribution in [0.25, 0.3) is 0 Å². The van der Waals surface area contributed by atoms with Crippen LogP contribution in [0, 0.1) is 0 Å². The third-order valence-corrected chi connectivity index (χ3v) is 3.66. The SMILES string of the molecule is CC(=NNC(=S)NNC(=S)N(C)c1ccccc1)c1ccccn1. The Kier molecular flexibility index (Phi) is 6.59. The van der Waals surface area contributed by atoms with E-state index in [2.05, 4.69) is 26.4 Å². The van der Waals surface area contributed by atoms with Crippen LogP contribution < -0.4 is 21.2 Å². The van der Waals surface area contributed by atoms with Crippen molar-refractivity contribution in [3.63, 3.8) is 0 Å². The molecule has 0 unspecified atom stereocenters. The number of para-hydroxylation sites is 1. The lowest BCUT2D eigenvalue weighted by molar-refractivity contribution is 0.823. The number of benzene rings is 1. The summed E-state index contributed by atoms with van der Waals surface area (Å²) < 4.78 is 0. The summed E-state index contributed by atoms with van der Waals surface area (Å²) in [6.07, 6.45) is 1.71. The predicted molar refractivity (Wildman–Crippen MR) is 106 cm³/mol. The molecular formula is C16H18N6S2. The van der Waals surface area contributed by atoms with Gasteiger partial charge in [0.15, 0.2) is 5.11 Å². The molecule has 3 N–H and O–H groups in total. The van der Waals surface area contributed by atoms with Gasteiger partial charge in [-0.3, -0.25) is 21.3 Å². The minimum absolute atomic E-state index is 0.300. The maximum absolute atomic E-state index is 5.31. The van der Waals surface area contributed by atoms with Crippen molar-refractivity contribution in [1.82, 2.24) is 21.3 Å². The van der Waals surface area contributed by atoms with E-state index < -0.39 is 0 Å². The summed E-state index contributed by atoms with van der Waals surface area (Å²) >= 11 is 10.5. The van der Waals surface area contributed by atoms with E-state index in [9.17, 15) is 0 Å². The van der Waals surface area contributed by atoms with Gasteiger partial charge in [-0.25, -0.2) is 0 Å². The van der Waals surface area contributed by atoms with Crippen LogP contribution in [0.15, 0.2) is 59.8 Å². The van der Waals surface area contributed by atoms with E-state index in [0.29, 0.717) is 10.2 Å². The van der Waals surface area contributed by atoms with E-state index >= 15 is 0 Å². The molecule has 0 atom stereocenters. The van der Waals surface area contributed by atoms with Gasteiger partial charge < -0.3 is 4.90 Å². The maximum atomic E-state index is 5.31. The number of hydrazone groups is 1. The highest BCUT2D eigenvalue weighted by atomic mass is 32.1. The molecule has 8 heteroatoms. The van der Waals surface area contributed by atoms with E-state index in [4.69, 9.17) is 24.4 Å². The van der Waals surface area contributed by atoms with E-state index in [1.54, 1.807) is 6.20 Å². The fraction of sp³-hybridized carbons (Fsp3) is 0.125. The molecule has 1 heterocycles. The highest BCUT2D eigenvalue weighted by Gasteiger charge is 2.06. The Hall–Kier alpha value is -2.58. The Balaban J connectivity index is 1.82. The largest absolute Gasteiger partial charge is 0.321 e. The molecule has 0 spiro atoms. The first-order chi connectivity index (χ1) is 11.6. The Morgan fingerprint density at radius 1 is 1.04 bits per heavy atom. The normalized spacial score (nSPS) is 10.7. The molecule has 0 aliphatic carbocycles. The van der Waals surface area contributed by atoms with E-state index in [1.165, 1.54) is 0 Å². The summed E-state index contributed by atoms with van der Waals surface area (Å²) in [6.45, 7) is 1.85. The first-order valence-corrected chi connectivity index (χ1v) is 8.00. The highest BCUT2D eigenvalue weighted by Crippen LogP contribution is 2.10. The van der Waals surface area contributed by atoms with Gasteiger partial charge in [-0.05, 0) is 55.6 Å². The number of aromatic nitrogens is 1. The van der Waals surface area contributed by atoms with E-state index in [-0.39, 0.29) is 0 Å². The van der Waals surface area contributed by atoms with Gasteiger partial charge in [-0.15, -0.1) is 0 Å². The Labute approximate surface area is 151 Å². The zero-order valence-corrected chi connectivity index (χ0v) is 15.0. The number of nitrogens with zero attached hydrogens (tertiary/aromatic N) is 3. The molecule has 24 heavy (non-hydrogen) atoms. The molecule has 0 saturated carbocycles.